The van der Waals surface area contributed by atoms with E-state index in [2.05, 4.69) is 10.3 Å². The van der Waals surface area contributed by atoms with Crippen LogP contribution in [0, 0.1) is 0 Å². The highest BCUT2D eigenvalue weighted by molar-refractivity contribution is 7.90. The fraction of sp³-hybridized carbons (Fsp3) is 0.462. The van der Waals surface area contributed by atoms with E-state index in [9.17, 15) is 21.6 Å². The summed E-state index contributed by atoms with van der Waals surface area (Å²) in [5, 5.41) is 3.51. The van der Waals surface area contributed by atoms with Gasteiger partial charge in [0.25, 0.3) is 0 Å². The molecule has 1 heterocycles. The van der Waals surface area contributed by atoms with Gasteiger partial charge in [-0.1, -0.05) is 11.3 Å². The highest BCUT2D eigenvalue weighted by Gasteiger charge is 2.30. The van der Waals surface area contributed by atoms with Crippen molar-refractivity contribution < 1.29 is 21.6 Å². The number of nitrogens with zero attached hydrogens (tertiary/aromatic N) is 1. The SMILES string of the molecule is CC(CCS(C)(=O)=O)Nc1nc2cc(C(F)(F)F)ccc2s1. The number of alkyl halides is 3. The zero-order valence-corrected chi connectivity index (χ0v) is 13.6. The summed E-state index contributed by atoms with van der Waals surface area (Å²) < 4.78 is 60.8. The molecule has 2 aromatic rings. The zero-order valence-electron chi connectivity index (χ0n) is 11.9. The molecule has 0 saturated heterocycles. The number of fused-ring (bicyclic) bond motifs is 1. The lowest BCUT2D eigenvalue weighted by molar-refractivity contribution is -0.137. The predicted octanol–water partition coefficient (Wildman–Crippen LogP) is 3.55. The van der Waals surface area contributed by atoms with Crippen LogP contribution >= 0.6 is 11.3 Å². The van der Waals surface area contributed by atoms with Gasteiger partial charge in [-0.2, -0.15) is 13.2 Å². The molecule has 1 aromatic heterocycles. The molecule has 0 aliphatic rings. The number of aromatic nitrogens is 1. The Balaban J connectivity index is 2.13. The fourth-order valence-electron chi connectivity index (χ4n) is 1.84. The summed E-state index contributed by atoms with van der Waals surface area (Å²) in [4.78, 5) is 4.13. The Morgan fingerprint density at radius 2 is 2.05 bits per heavy atom. The standard InChI is InChI=1S/C13H15F3N2O2S2/c1-8(5-6-22(2,19)20)17-12-18-10-7-9(13(14,15)16)3-4-11(10)21-12/h3-4,7-8H,5-6H2,1-2H3,(H,17,18). The summed E-state index contributed by atoms with van der Waals surface area (Å²) in [5.41, 5.74) is -0.459. The summed E-state index contributed by atoms with van der Waals surface area (Å²) >= 11 is 1.24. The van der Waals surface area contributed by atoms with E-state index in [1.165, 1.54) is 17.4 Å². The van der Waals surface area contributed by atoms with Gasteiger partial charge >= 0.3 is 6.18 Å². The maximum Gasteiger partial charge on any atom is 0.416 e. The first-order chi connectivity index (χ1) is 10.0. The monoisotopic (exact) mass is 352 g/mol. The van der Waals surface area contributed by atoms with Crippen molar-refractivity contribution in [1.29, 1.82) is 0 Å². The van der Waals surface area contributed by atoms with Crippen molar-refractivity contribution in [1.82, 2.24) is 4.98 Å². The van der Waals surface area contributed by atoms with E-state index in [0.29, 0.717) is 16.3 Å². The first-order valence-corrected chi connectivity index (χ1v) is 9.34. The van der Waals surface area contributed by atoms with Crippen LogP contribution in [0.1, 0.15) is 18.9 Å². The summed E-state index contributed by atoms with van der Waals surface area (Å²) in [6.45, 7) is 1.80. The van der Waals surface area contributed by atoms with Crippen LogP contribution < -0.4 is 5.32 Å². The van der Waals surface area contributed by atoms with Gasteiger partial charge in [0.05, 0.1) is 21.5 Å². The van der Waals surface area contributed by atoms with Crippen molar-refractivity contribution >= 4 is 36.5 Å². The van der Waals surface area contributed by atoms with Crippen LogP contribution in [0.4, 0.5) is 18.3 Å². The van der Waals surface area contributed by atoms with Gasteiger partial charge in [-0.25, -0.2) is 13.4 Å². The topological polar surface area (TPSA) is 59.1 Å². The van der Waals surface area contributed by atoms with E-state index in [4.69, 9.17) is 0 Å². The quantitative estimate of drug-likeness (QED) is 0.894. The molecule has 1 aromatic carbocycles. The Hall–Kier alpha value is -1.35. The lowest BCUT2D eigenvalue weighted by Crippen LogP contribution is -2.19. The van der Waals surface area contributed by atoms with E-state index >= 15 is 0 Å². The minimum Gasteiger partial charge on any atom is -0.359 e. The smallest absolute Gasteiger partial charge is 0.359 e. The van der Waals surface area contributed by atoms with E-state index in [1.807, 2.05) is 0 Å². The van der Waals surface area contributed by atoms with Crippen molar-refractivity contribution in [2.24, 2.45) is 0 Å². The van der Waals surface area contributed by atoms with Gasteiger partial charge < -0.3 is 5.32 Å². The third-order valence-electron chi connectivity index (χ3n) is 3.01. The van der Waals surface area contributed by atoms with Crippen molar-refractivity contribution in [2.75, 3.05) is 17.3 Å². The van der Waals surface area contributed by atoms with Gasteiger partial charge in [-0.05, 0) is 31.5 Å². The maximum absolute atomic E-state index is 12.6. The maximum atomic E-state index is 12.6. The molecule has 22 heavy (non-hydrogen) atoms. The first-order valence-electron chi connectivity index (χ1n) is 6.46. The summed E-state index contributed by atoms with van der Waals surface area (Å²) in [5.74, 6) is 0.0459. The second kappa shape index (κ2) is 6.04. The molecule has 122 valence electrons. The van der Waals surface area contributed by atoms with Crippen molar-refractivity contribution in [3.05, 3.63) is 23.8 Å². The summed E-state index contributed by atoms with van der Waals surface area (Å²) in [6, 6.07) is 3.29. The fourth-order valence-corrected chi connectivity index (χ4v) is 3.58. The Kier molecular flexibility index (Phi) is 4.67. The number of benzene rings is 1. The molecule has 0 spiro atoms. The molecule has 0 bridgehead atoms. The minimum absolute atomic E-state index is 0.0459. The highest BCUT2D eigenvalue weighted by Crippen LogP contribution is 2.34. The third kappa shape index (κ3) is 4.57. The molecule has 1 unspecified atom stereocenters. The first kappa shape index (κ1) is 17.0. The summed E-state index contributed by atoms with van der Waals surface area (Å²) in [7, 11) is -3.04. The predicted molar refractivity (Wildman–Crippen MR) is 82.0 cm³/mol. The highest BCUT2D eigenvalue weighted by atomic mass is 32.2. The Morgan fingerprint density at radius 3 is 2.64 bits per heavy atom. The molecule has 1 N–H and O–H groups in total. The number of hydrogen-bond donors (Lipinski definition) is 1. The Bertz CT molecular complexity index is 769. The molecule has 0 radical (unpaired) electrons. The molecule has 0 amide bonds. The Labute approximate surface area is 130 Å². The Morgan fingerprint density at radius 1 is 1.36 bits per heavy atom. The van der Waals surface area contributed by atoms with E-state index in [1.54, 1.807) is 6.92 Å². The average Bonchev–Trinajstić information content (AvgIpc) is 2.75. The molecular formula is C13H15F3N2O2S2. The molecule has 9 heteroatoms. The third-order valence-corrected chi connectivity index (χ3v) is 4.95. The minimum atomic E-state index is -4.39. The van der Waals surface area contributed by atoms with E-state index < -0.39 is 21.6 Å². The molecule has 0 fully saturated rings. The molecule has 0 aliphatic carbocycles. The second-order valence-electron chi connectivity index (χ2n) is 5.16. The summed E-state index contributed by atoms with van der Waals surface area (Å²) in [6.07, 6.45) is -2.83. The van der Waals surface area contributed by atoms with E-state index in [0.717, 1.165) is 18.4 Å². The van der Waals surface area contributed by atoms with Crippen LogP contribution in [-0.4, -0.2) is 31.5 Å². The van der Waals surface area contributed by atoms with Crippen LogP contribution in [0.15, 0.2) is 18.2 Å². The van der Waals surface area contributed by atoms with Crippen LogP contribution in [-0.2, 0) is 16.0 Å². The number of halogens is 3. The number of anilines is 1. The normalized spacial score (nSPS) is 14.2. The van der Waals surface area contributed by atoms with Gasteiger partial charge in [0, 0.05) is 12.3 Å². The van der Waals surface area contributed by atoms with Gasteiger partial charge in [0.2, 0.25) is 0 Å². The second-order valence-corrected chi connectivity index (χ2v) is 8.45. The molecule has 0 saturated carbocycles. The van der Waals surface area contributed by atoms with Crippen LogP contribution in [0.25, 0.3) is 10.2 Å². The molecule has 2 rings (SSSR count). The van der Waals surface area contributed by atoms with Crippen molar-refractivity contribution in [3.8, 4) is 0 Å². The van der Waals surface area contributed by atoms with E-state index in [-0.39, 0.29) is 17.3 Å². The molecule has 0 aliphatic heterocycles. The molecule has 1 atom stereocenters. The average molecular weight is 352 g/mol. The number of nitrogens with one attached hydrogen (secondary N) is 1. The van der Waals surface area contributed by atoms with Gasteiger partial charge in [0.15, 0.2) is 5.13 Å². The molecule has 4 nitrogen and oxygen atoms in total. The lowest BCUT2D eigenvalue weighted by atomic mass is 10.2. The zero-order chi connectivity index (χ0) is 16.5. The lowest BCUT2D eigenvalue weighted by Gasteiger charge is -2.11. The van der Waals surface area contributed by atoms with Crippen LogP contribution in [0.3, 0.4) is 0 Å². The van der Waals surface area contributed by atoms with Crippen LogP contribution in [0.5, 0.6) is 0 Å². The van der Waals surface area contributed by atoms with Crippen molar-refractivity contribution in [3.63, 3.8) is 0 Å². The molecular weight excluding hydrogens is 337 g/mol. The number of hydrogen-bond acceptors (Lipinski definition) is 5. The number of thiazole rings is 1. The van der Waals surface area contributed by atoms with Gasteiger partial charge in [-0.3, -0.25) is 0 Å². The number of rotatable bonds is 5. The largest absolute Gasteiger partial charge is 0.416 e. The van der Waals surface area contributed by atoms with Gasteiger partial charge in [0.1, 0.15) is 9.84 Å². The van der Waals surface area contributed by atoms with Gasteiger partial charge in [-0.15, -0.1) is 0 Å². The number of sulfone groups is 1. The van der Waals surface area contributed by atoms with Crippen LogP contribution in [0.2, 0.25) is 0 Å². The van der Waals surface area contributed by atoms with Crippen molar-refractivity contribution in [2.45, 2.75) is 25.6 Å².